The van der Waals surface area contributed by atoms with Crippen LogP contribution in [0.25, 0.3) is 0 Å². The molecule has 5 nitrogen and oxygen atoms in total. The molecule has 0 N–H and O–H groups in total. The molecule has 0 aromatic carbocycles. The van der Waals surface area contributed by atoms with Gasteiger partial charge in [-0.3, -0.25) is 4.79 Å². The van der Waals surface area contributed by atoms with Crippen molar-refractivity contribution >= 4 is 23.5 Å². The van der Waals surface area contributed by atoms with E-state index in [1.54, 1.807) is 17.2 Å². The van der Waals surface area contributed by atoms with Crippen LogP contribution in [-0.2, 0) is 9.53 Å². The Kier molecular flexibility index (Phi) is 4.93. The van der Waals surface area contributed by atoms with Gasteiger partial charge in [0.05, 0.1) is 12.1 Å². The number of hydrogen-bond acceptors (Lipinski definition) is 3. The number of aromatic nitrogens is 1. The summed E-state index contributed by atoms with van der Waals surface area (Å²) in [6.07, 6.45) is 4.22. The fraction of sp³-hybridized carbons (Fsp3) is 0.600. The molecule has 1 aliphatic rings. The van der Waals surface area contributed by atoms with Crippen LogP contribution < -0.4 is 0 Å². The van der Waals surface area contributed by atoms with Crippen molar-refractivity contribution in [3.05, 3.63) is 23.0 Å². The number of piperidine rings is 1. The first-order valence-electron chi connectivity index (χ1n) is 7.22. The minimum absolute atomic E-state index is 0.123. The van der Waals surface area contributed by atoms with Crippen molar-refractivity contribution in [2.24, 2.45) is 0 Å². The van der Waals surface area contributed by atoms with Crippen molar-refractivity contribution in [2.75, 3.05) is 13.7 Å². The van der Waals surface area contributed by atoms with Gasteiger partial charge in [-0.1, -0.05) is 11.6 Å². The van der Waals surface area contributed by atoms with Gasteiger partial charge in [-0.05, 0) is 39.2 Å². The van der Waals surface area contributed by atoms with E-state index in [-0.39, 0.29) is 17.9 Å². The predicted molar refractivity (Wildman–Crippen MR) is 80.5 cm³/mol. The van der Waals surface area contributed by atoms with Crippen molar-refractivity contribution in [3.63, 3.8) is 0 Å². The second kappa shape index (κ2) is 6.52. The lowest BCUT2D eigenvalue weighted by atomic mass is 10.0. The minimum atomic E-state index is -0.495. The molecule has 1 fully saturated rings. The number of halogens is 1. The third kappa shape index (κ3) is 3.23. The third-order valence-electron chi connectivity index (χ3n) is 3.83. The average molecular weight is 313 g/mol. The van der Waals surface area contributed by atoms with Crippen LogP contribution in [0.4, 0.5) is 0 Å². The predicted octanol–water partition coefficient (Wildman–Crippen LogP) is 2.89. The highest BCUT2D eigenvalue weighted by Crippen LogP contribution is 2.24. The van der Waals surface area contributed by atoms with Gasteiger partial charge < -0.3 is 14.2 Å². The maximum Gasteiger partial charge on any atom is 0.328 e. The summed E-state index contributed by atoms with van der Waals surface area (Å²) >= 11 is 6.04. The molecule has 0 aliphatic carbocycles. The Morgan fingerprint density at radius 3 is 2.71 bits per heavy atom. The summed E-state index contributed by atoms with van der Waals surface area (Å²) in [5.41, 5.74) is 0.519. The van der Waals surface area contributed by atoms with Crippen LogP contribution in [0.1, 0.15) is 49.6 Å². The molecule has 1 aromatic rings. The molecule has 2 rings (SSSR count). The van der Waals surface area contributed by atoms with E-state index in [1.807, 2.05) is 18.4 Å². The van der Waals surface area contributed by atoms with E-state index >= 15 is 0 Å². The summed E-state index contributed by atoms with van der Waals surface area (Å²) in [7, 11) is 1.35. The molecule has 1 aliphatic heterocycles. The highest BCUT2D eigenvalue weighted by Gasteiger charge is 2.34. The monoisotopic (exact) mass is 312 g/mol. The lowest BCUT2D eigenvalue weighted by molar-refractivity contribution is -0.147. The SMILES string of the molecule is COC(=O)[C@H]1CCCCN1C(=O)c1cc(Cl)cn1C(C)C. The van der Waals surface area contributed by atoms with E-state index in [1.165, 1.54) is 7.11 Å². The zero-order valence-electron chi connectivity index (χ0n) is 12.6. The maximum atomic E-state index is 12.8. The molecule has 2 heterocycles. The molecule has 1 atom stereocenters. The van der Waals surface area contributed by atoms with Gasteiger partial charge in [-0.25, -0.2) is 4.79 Å². The van der Waals surface area contributed by atoms with E-state index in [2.05, 4.69) is 0 Å². The Bertz CT molecular complexity index is 539. The number of ether oxygens (including phenoxy) is 1. The smallest absolute Gasteiger partial charge is 0.328 e. The molecular weight excluding hydrogens is 292 g/mol. The summed E-state index contributed by atoms with van der Waals surface area (Å²) in [6.45, 7) is 4.54. The van der Waals surface area contributed by atoms with Crippen molar-refractivity contribution in [1.29, 1.82) is 0 Å². The number of hydrogen-bond donors (Lipinski definition) is 0. The number of nitrogens with zero attached hydrogens (tertiary/aromatic N) is 2. The lowest BCUT2D eigenvalue weighted by Crippen LogP contribution is -2.49. The van der Waals surface area contributed by atoms with Crippen LogP contribution in [0.15, 0.2) is 12.3 Å². The molecule has 6 heteroatoms. The molecule has 116 valence electrons. The van der Waals surface area contributed by atoms with E-state index in [9.17, 15) is 9.59 Å². The number of carbonyl (C=O) groups excluding carboxylic acids is 2. The summed E-state index contributed by atoms with van der Waals surface area (Å²) in [4.78, 5) is 26.3. The van der Waals surface area contributed by atoms with Crippen LogP contribution >= 0.6 is 11.6 Å². The van der Waals surface area contributed by atoms with Crippen molar-refractivity contribution in [3.8, 4) is 0 Å². The summed E-state index contributed by atoms with van der Waals surface area (Å²) in [5, 5.41) is 0.527. The van der Waals surface area contributed by atoms with Gasteiger partial charge in [0, 0.05) is 18.8 Å². The van der Waals surface area contributed by atoms with Crippen LogP contribution in [0.2, 0.25) is 5.02 Å². The Hall–Kier alpha value is -1.49. The molecule has 0 radical (unpaired) electrons. The average Bonchev–Trinajstić information content (AvgIpc) is 2.88. The minimum Gasteiger partial charge on any atom is -0.467 e. The van der Waals surface area contributed by atoms with E-state index in [0.29, 0.717) is 23.7 Å². The first-order chi connectivity index (χ1) is 9.95. The number of methoxy groups -OCH3 is 1. The Morgan fingerprint density at radius 2 is 2.10 bits per heavy atom. The summed E-state index contributed by atoms with van der Waals surface area (Å²) in [5.74, 6) is -0.512. The van der Waals surface area contributed by atoms with Crippen LogP contribution in [-0.4, -0.2) is 41.0 Å². The van der Waals surface area contributed by atoms with Gasteiger partial charge in [0.2, 0.25) is 0 Å². The van der Waals surface area contributed by atoms with Crippen molar-refractivity contribution in [1.82, 2.24) is 9.47 Å². The van der Waals surface area contributed by atoms with Gasteiger partial charge in [0.1, 0.15) is 11.7 Å². The van der Waals surface area contributed by atoms with Gasteiger partial charge in [-0.2, -0.15) is 0 Å². The largest absolute Gasteiger partial charge is 0.467 e. The fourth-order valence-electron chi connectivity index (χ4n) is 2.75. The molecule has 0 saturated carbocycles. The fourth-order valence-corrected chi connectivity index (χ4v) is 2.96. The first kappa shape index (κ1) is 15.9. The highest BCUT2D eigenvalue weighted by molar-refractivity contribution is 6.31. The number of likely N-dealkylation sites (tertiary alicyclic amines) is 1. The molecule has 0 unspecified atom stereocenters. The first-order valence-corrected chi connectivity index (χ1v) is 7.59. The molecular formula is C15H21ClN2O3. The lowest BCUT2D eigenvalue weighted by Gasteiger charge is -2.34. The molecule has 0 bridgehead atoms. The van der Waals surface area contributed by atoms with Crippen LogP contribution in [0.3, 0.4) is 0 Å². The highest BCUT2D eigenvalue weighted by atomic mass is 35.5. The van der Waals surface area contributed by atoms with Gasteiger partial charge in [0.15, 0.2) is 0 Å². The topological polar surface area (TPSA) is 51.5 Å². The van der Waals surface area contributed by atoms with Crippen LogP contribution in [0, 0.1) is 0 Å². The normalized spacial score (nSPS) is 18.9. The zero-order chi connectivity index (χ0) is 15.6. The van der Waals surface area contributed by atoms with Crippen molar-refractivity contribution in [2.45, 2.75) is 45.2 Å². The van der Waals surface area contributed by atoms with E-state index in [0.717, 1.165) is 12.8 Å². The van der Waals surface area contributed by atoms with Crippen LogP contribution in [0.5, 0.6) is 0 Å². The molecule has 1 amide bonds. The molecule has 0 spiro atoms. The molecule has 1 saturated heterocycles. The Balaban J connectivity index is 2.31. The van der Waals surface area contributed by atoms with E-state index < -0.39 is 6.04 Å². The van der Waals surface area contributed by atoms with Gasteiger partial charge >= 0.3 is 5.97 Å². The summed E-state index contributed by atoms with van der Waals surface area (Å²) in [6, 6.07) is 1.29. The number of carbonyl (C=O) groups is 2. The standard InChI is InChI=1S/C15H21ClN2O3/c1-10(2)18-9-11(16)8-13(18)14(19)17-7-5-4-6-12(17)15(20)21-3/h8-10,12H,4-7H2,1-3H3/t12-/m1/s1. The van der Waals surface area contributed by atoms with Gasteiger partial charge in [0.25, 0.3) is 5.91 Å². The summed E-state index contributed by atoms with van der Waals surface area (Å²) < 4.78 is 6.66. The third-order valence-corrected chi connectivity index (χ3v) is 4.03. The zero-order valence-corrected chi connectivity index (χ0v) is 13.4. The second-order valence-corrected chi connectivity index (χ2v) is 6.01. The maximum absolute atomic E-state index is 12.8. The Labute approximate surface area is 129 Å². The molecule has 21 heavy (non-hydrogen) atoms. The quantitative estimate of drug-likeness (QED) is 0.806. The van der Waals surface area contributed by atoms with E-state index in [4.69, 9.17) is 16.3 Å². The second-order valence-electron chi connectivity index (χ2n) is 5.58. The number of amides is 1. The molecule has 1 aromatic heterocycles. The Morgan fingerprint density at radius 1 is 1.38 bits per heavy atom. The number of esters is 1. The van der Waals surface area contributed by atoms with Crippen molar-refractivity contribution < 1.29 is 14.3 Å². The van der Waals surface area contributed by atoms with Gasteiger partial charge in [-0.15, -0.1) is 0 Å². The number of rotatable bonds is 3.